The van der Waals surface area contributed by atoms with Crippen LogP contribution in [0.15, 0.2) is 41.1 Å². The molecule has 1 aromatic carbocycles. The number of benzene rings is 1. The third-order valence-corrected chi connectivity index (χ3v) is 3.62. The molecule has 20 heavy (non-hydrogen) atoms. The minimum atomic E-state index is -0.707. The number of carbonyl (C=O) groups is 1. The van der Waals surface area contributed by atoms with E-state index in [0.717, 1.165) is 10.0 Å². The lowest BCUT2D eigenvalue weighted by Gasteiger charge is -2.17. The van der Waals surface area contributed by atoms with E-state index in [1.807, 2.05) is 31.2 Å². The Labute approximate surface area is 126 Å². The monoisotopic (exact) mass is 336 g/mol. The van der Waals surface area contributed by atoms with Gasteiger partial charge in [-0.2, -0.15) is 5.10 Å². The van der Waals surface area contributed by atoms with Gasteiger partial charge in [0.2, 0.25) is 5.91 Å². The fraction of sp³-hybridized carbons (Fsp3) is 0.286. The Bertz CT molecular complexity index is 593. The molecule has 0 bridgehead atoms. The quantitative estimate of drug-likeness (QED) is 0.897. The number of aromatic nitrogens is 2. The van der Waals surface area contributed by atoms with Crippen LogP contribution in [0.3, 0.4) is 0 Å². The lowest BCUT2D eigenvalue weighted by atomic mass is 10.1. The Morgan fingerprint density at radius 3 is 2.55 bits per heavy atom. The highest BCUT2D eigenvalue weighted by atomic mass is 79.9. The molecule has 0 aliphatic rings. The molecule has 6 heteroatoms. The summed E-state index contributed by atoms with van der Waals surface area (Å²) in [5, 5.41) is 6.93. The maximum atomic E-state index is 12.1. The fourth-order valence-electron chi connectivity index (χ4n) is 1.89. The first kappa shape index (κ1) is 14.7. The van der Waals surface area contributed by atoms with E-state index in [4.69, 9.17) is 5.73 Å². The topological polar surface area (TPSA) is 72.9 Å². The van der Waals surface area contributed by atoms with Crippen LogP contribution in [0.25, 0.3) is 0 Å². The van der Waals surface area contributed by atoms with Crippen LogP contribution < -0.4 is 11.1 Å². The number of amides is 1. The molecule has 0 fully saturated rings. The summed E-state index contributed by atoms with van der Waals surface area (Å²) in [4.78, 5) is 12.1. The first-order chi connectivity index (χ1) is 9.47. The van der Waals surface area contributed by atoms with Gasteiger partial charge in [0.05, 0.1) is 12.2 Å². The van der Waals surface area contributed by atoms with Gasteiger partial charge in [-0.25, -0.2) is 0 Å². The highest BCUT2D eigenvalue weighted by molar-refractivity contribution is 9.10. The molecular weight excluding hydrogens is 320 g/mol. The molecule has 106 valence electrons. The average molecular weight is 337 g/mol. The summed E-state index contributed by atoms with van der Waals surface area (Å²) < 4.78 is 2.63. The fourth-order valence-corrected chi connectivity index (χ4v) is 2.15. The summed E-state index contributed by atoms with van der Waals surface area (Å²) in [7, 11) is 1.79. The molecule has 1 aromatic heterocycles. The van der Waals surface area contributed by atoms with E-state index in [0.29, 0.717) is 5.56 Å². The largest absolute Gasteiger partial charge is 0.348 e. The second-order valence-electron chi connectivity index (χ2n) is 4.71. The van der Waals surface area contributed by atoms with E-state index in [-0.39, 0.29) is 11.9 Å². The van der Waals surface area contributed by atoms with Crippen LogP contribution in [0.1, 0.15) is 30.1 Å². The van der Waals surface area contributed by atoms with Crippen LogP contribution in [0.2, 0.25) is 0 Å². The molecule has 2 rings (SSSR count). The maximum absolute atomic E-state index is 12.1. The Morgan fingerprint density at radius 2 is 2.00 bits per heavy atom. The van der Waals surface area contributed by atoms with Crippen molar-refractivity contribution in [2.75, 3.05) is 0 Å². The van der Waals surface area contributed by atoms with Gasteiger partial charge in [-0.15, -0.1) is 0 Å². The number of halogens is 1. The van der Waals surface area contributed by atoms with Gasteiger partial charge in [0.15, 0.2) is 0 Å². The number of nitrogens with two attached hydrogens (primary N) is 1. The first-order valence-corrected chi connectivity index (χ1v) is 7.06. The molecular formula is C14H17BrN4O. The third-order valence-electron chi connectivity index (χ3n) is 3.10. The van der Waals surface area contributed by atoms with Crippen LogP contribution in [-0.4, -0.2) is 15.7 Å². The molecule has 1 heterocycles. The smallest absolute Gasteiger partial charge is 0.242 e. The zero-order valence-electron chi connectivity index (χ0n) is 11.4. The summed E-state index contributed by atoms with van der Waals surface area (Å²) >= 11 is 3.38. The number of hydrogen-bond donors (Lipinski definition) is 2. The van der Waals surface area contributed by atoms with Crippen LogP contribution in [-0.2, 0) is 11.8 Å². The van der Waals surface area contributed by atoms with Gasteiger partial charge in [-0.1, -0.05) is 28.1 Å². The SMILES string of the molecule is CC(NC(=O)C(N)c1cnn(C)c1)c1ccc(Br)cc1. The van der Waals surface area contributed by atoms with Gasteiger partial charge >= 0.3 is 0 Å². The normalized spacial score (nSPS) is 13.8. The lowest BCUT2D eigenvalue weighted by Crippen LogP contribution is -2.35. The molecule has 0 saturated carbocycles. The Morgan fingerprint density at radius 1 is 1.35 bits per heavy atom. The van der Waals surface area contributed by atoms with Crippen LogP contribution >= 0.6 is 15.9 Å². The van der Waals surface area contributed by atoms with Crippen molar-refractivity contribution in [2.24, 2.45) is 12.8 Å². The van der Waals surface area contributed by atoms with Crippen LogP contribution in [0.5, 0.6) is 0 Å². The highest BCUT2D eigenvalue weighted by Gasteiger charge is 2.19. The van der Waals surface area contributed by atoms with E-state index in [1.54, 1.807) is 24.1 Å². The van der Waals surface area contributed by atoms with E-state index in [1.165, 1.54) is 0 Å². The van der Waals surface area contributed by atoms with Crippen molar-refractivity contribution in [3.05, 3.63) is 52.3 Å². The summed E-state index contributed by atoms with van der Waals surface area (Å²) in [5.41, 5.74) is 7.66. The van der Waals surface area contributed by atoms with Gasteiger partial charge in [-0.05, 0) is 24.6 Å². The molecule has 5 nitrogen and oxygen atoms in total. The third kappa shape index (κ3) is 3.46. The summed E-state index contributed by atoms with van der Waals surface area (Å²) in [6.45, 7) is 1.93. The molecule has 0 aliphatic carbocycles. The van der Waals surface area contributed by atoms with Crippen LogP contribution in [0.4, 0.5) is 0 Å². The Balaban J connectivity index is 2.02. The molecule has 1 amide bonds. The number of nitrogens with one attached hydrogen (secondary N) is 1. The molecule has 0 spiro atoms. The number of nitrogens with zero attached hydrogens (tertiary/aromatic N) is 2. The van der Waals surface area contributed by atoms with E-state index in [2.05, 4.69) is 26.3 Å². The number of rotatable bonds is 4. The van der Waals surface area contributed by atoms with Gasteiger partial charge in [0, 0.05) is 23.3 Å². The molecule has 0 radical (unpaired) electrons. The zero-order valence-corrected chi connectivity index (χ0v) is 13.0. The van der Waals surface area contributed by atoms with E-state index >= 15 is 0 Å². The van der Waals surface area contributed by atoms with Crippen molar-refractivity contribution in [2.45, 2.75) is 19.0 Å². The first-order valence-electron chi connectivity index (χ1n) is 6.27. The predicted molar refractivity (Wildman–Crippen MR) is 80.8 cm³/mol. The van der Waals surface area contributed by atoms with Gasteiger partial charge < -0.3 is 11.1 Å². The van der Waals surface area contributed by atoms with Crippen molar-refractivity contribution >= 4 is 21.8 Å². The Hall–Kier alpha value is -1.66. The van der Waals surface area contributed by atoms with Gasteiger partial charge in [0.1, 0.15) is 6.04 Å². The van der Waals surface area contributed by atoms with E-state index < -0.39 is 6.04 Å². The number of aryl methyl sites for hydroxylation is 1. The molecule has 2 aromatic rings. The molecule has 2 unspecified atom stereocenters. The minimum absolute atomic E-state index is 0.0988. The van der Waals surface area contributed by atoms with Crippen LogP contribution in [0, 0.1) is 0 Å². The standard InChI is InChI=1S/C14H17BrN4O/c1-9(10-3-5-12(15)6-4-10)18-14(20)13(16)11-7-17-19(2)8-11/h3-9,13H,16H2,1-2H3,(H,18,20). The molecule has 0 saturated heterocycles. The lowest BCUT2D eigenvalue weighted by molar-refractivity contribution is -0.123. The van der Waals surface area contributed by atoms with Gasteiger partial charge in [-0.3, -0.25) is 9.48 Å². The number of carbonyl (C=O) groups excluding carboxylic acids is 1. The van der Waals surface area contributed by atoms with Crippen molar-refractivity contribution in [3.63, 3.8) is 0 Å². The van der Waals surface area contributed by atoms with Crippen molar-refractivity contribution in [1.82, 2.24) is 15.1 Å². The average Bonchev–Trinajstić information content (AvgIpc) is 2.85. The minimum Gasteiger partial charge on any atom is -0.348 e. The molecule has 3 N–H and O–H groups in total. The second-order valence-corrected chi connectivity index (χ2v) is 5.62. The summed E-state index contributed by atoms with van der Waals surface area (Å²) in [6.07, 6.45) is 3.35. The number of hydrogen-bond acceptors (Lipinski definition) is 3. The molecule has 2 atom stereocenters. The van der Waals surface area contributed by atoms with Gasteiger partial charge in [0.25, 0.3) is 0 Å². The maximum Gasteiger partial charge on any atom is 0.242 e. The molecule has 0 aliphatic heterocycles. The van der Waals surface area contributed by atoms with Crippen molar-refractivity contribution in [1.29, 1.82) is 0 Å². The second kappa shape index (κ2) is 6.19. The zero-order chi connectivity index (χ0) is 14.7. The van der Waals surface area contributed by atoms with E-state index in [9.17, 15) is 4.79 Å². The summed E-state index contributed by atoms with van der Waals surface area (Å²) in [5.74, 6) is -0.214. The Kier molecular flexibility index (Phi) is 4.57. The predicted octanol–water partition coefficient (Wildman–Crippen LogP) is 2.06. The summed E-state index contributed by atoms with van der Waals surface area (Å²) in [6, 6.07) is 7.01. The van der Waals surface area contributed by atoms with Crippen molar-refractivity contribution < 1.29 is 4.79 Å². The highest BCUT2D eigenvalue weighted by Crippen LogP contribution is 2.17. The van der Waals surface area contributed by atoms with Crippen molar-refractivity contribution in [3.8, 4) is 0 Å².